The minimum absolute atomic E-state index is 0. The molecule has 2 rings (SSSR count). The maximum atomic E-state index is 12.4. The predicted molar refractivity (Wildman–Crippen MR) is 83.7 cm³/mol. The third kappa shape index (κ3) is 4.13. The van der Waals surface area contributed by atoms with Crippen LogP contribution < -0.4 is 5.73 Å². The predicted octanol–water partition coefficient (Wildman–Crippen LogP) is 2.46. The van der Waals surface area contributed by atoms with Gasteiger partial charge in [0.15, 0.2) is 0 Å². The molecule has 5 heteroatoms. The number of amides is 1. The van der Waals surface area contributed by atoms with E-state index in [1.54, 1.807) is 0 Å². The minimum atomic E-state index is -0.537. The van der Waals surface area contributed by atoms with Gasteiger partial charge in [0.1, 0.15) is 6.04 Å². The van der Waals surface area contributed by atoms with Crippen LogP contribution in [0.3, 0.4) is 0 Å². The van der Waals surface area contributed by atoms with Crippen LogP contribution in [0.1, 0.15) is 25.5 Å². The molecule has 0 aliphatic carbocycles. The maximum absolute atomic E-state index is 12.4. The first-order valence-electron chi connectivity index (χ1n) is 6.23. The monoisotopic (exact) mass is 300 g/mol. The smallest absolute Gasteiger partial charge is 0.244 e. The first kappa shape index (κ1) is 16.3. The van der Waals surface area contributed by atoms with Crippen molar-refractivity contribution in [1.29, 1.82) is 0 Å². The van der Waals surface area contributed by atoms with Crippen molar-refractivity contribution >= 4 is 30.1 Å². The fraction of sp³-hybridized carbons (Fsp3) is 0.500. The third-order valence-electron chi connectivity index (χ3n) is 3.16. The first-order valence-corrected chi connectivity index (χ1v) is 7.21. The van der Waals surface area contributed by atoms with Gasteiger partial charge < -0.3 is 10.6 Å². The molecule has 0 saturated carbocycles. The lowest BCUT2D eigenvalue weighted by molar-refractivity contribution is -0.133. The Morgan fingerprint density at radius 3 is 2.58 bits per heavy atom. The van der Waals surface area contributed by atoms with Crippen molar-refractivity contribution in [2.45, 2.75) is 24.6 Å². The van der Waals surface area contributed by atoms with Gasteiger partial charge in [0.05, 0.1) is 0 Å². The molecule has 106 valence electrons. The standard InChI is InChI=1S/C14H20N2OS.ClH/c1-14(2)10-16(8-9-18-14)13(17)12(15)11-6-4-3-5-7-11;/h3-7,12H,8-10,15H2,1-2H3;1H. The van der Waals surface area contributed by atoms with Crippen molar-refractivity contribution in [1.82, 2.24) is 4.90 Å². The number of rotatable bonds is 2. The summed E-state index contributed by atoms with van der Waals surface area (Å²) in [7, 11) is 0. The summed E-state index contributed by atoms with van der Waals surface area (Å²) in [6.45, 7) is 5.92. The van der Waals surface area contributed by atoms with Crippen LogP contribution in [-0.4, -0.2) is 34.4 Å². The van der Waals surface area contributed by atoms with Crippen LogP contribution in [-0.2, 0) is 4.79 Å². The zero-order chi connectivity index (χ0) is 13.2. The number of nitrogens with two attached hydrogens (primary N) is 1. The van der Waals surface area contributed by atoms with Crippen LogP contribution in [0, 0.1) is 0 Å². The number of thioether (sulfide) groups is 1. The van der Waals surface area contributed by atoms with Crippen LogP contribution in [0.15, 0.2) is 30.3 Å². The molecule has 1 amide bonds. The average Bonchev–Trinajstić information content (AvgIpc) is 2.37. The highest BCUT2D eigenvalue weighted by Crippen LogP contribution is 2.30. The van der Waals surface area contributed by atoms with Crippen molar-refractivity contribution in [2.75, 3.05) is 18.8 Å². The summed E-state index contributed by atoms with van der Waals surface area (Å²) in [5.74, 6) is 1.02. The Kier molecular flexibility index (Phi) is 5.71. The normalized spacial score (nSPS) is 19.4. The second-order valence-corrected chi connectivity index (χ2v) is 7.06. The molecule has 1 heterocycles. The Hall–Kier alpha value is -0.710. The number of halogens is 1. The van der Waals surface area contributed by atoms with Gasteiger partial charge >= 0.3 is 0 Å². The van der Waals surface area contributed by atoms with E-state index < -0.39 is 6.04 Å². The highest BCUT2D eigenvalue weighted by atomic mass is 35.5. The fourth-order valence-electron chi connectivity index (χ4n) is 2.20. The number of benzene rings is 1. The van der Waals surface area contributed by atoms with E-state index in [-0.39, 0.29) is 23.1 Å². The number of hydrogen-bond donors (Lipinski definition) is 1. The van der Waals surface area contributed by atoms with Crippen molar-refractivity contribution < 1.29 is 4.79 Å². The highest BCUT2D eigenvalue weighted by molar-refractivity contribution is 8.00. The van der Waals surface area contributed by atoms with E-state index >= 15 is 0 Å². The summed E-state index contributed by atoms with van der Waals surface area (Å²) < 4.78 is 0.129. The van der Waals surface area contributed by atoms with E-state index in [1.165, 1.54) is 0 Å². The topological polar surface area (TPSA) is 46.3 Å². The molecule has 1 saturated heterocycles. The summed E-state index contributed by atoms with van der Waals surface area (Å²) >= 11 is 1.91. The molecule has 1 aliphatic heterocycles. The molecular formula is C14H21ClN2OS. The van der Waals surface area contributed by atoms with Gasteiger partial charge in [-0.1, -0.05) is 30.3 Å². The second-order valence-electron chi connectivity index (χ2n) is 5.26. The molecule has 1 fully saturated rings. The summed E-state index contributed by atoms with van der Waals surface area (Å²) in [6, 6.07) is 9.04. The van der Waals surface area contributed by atoms with Gasteiger partial charge in [0.2, 0.25) is 5.91 Å². The number of carbonyl (C=O) groups excluding carboxylic acids is 1. The third-order valence-corrected chi connectivity index (χ3v) is 4.46. The highest BCUT2D eigenvalue weighted by Gasteiger charge is 2.32. The molecule has 1 unspecified atom stereocenters. The second kappa shape index (κ2) is 6.64. The molecule has 0 spiro atoms. The lowest BCUT2D eigenvalue weighted by Crippen LogP contribution is -2.49. The Morgan fingerprint density at radius 2 is 2.00 bits per heavy atom. The summed E-state index contributed by atoms with van der Waals surface area (Å²) in [6.07, 6.45) is 0. The van der Waals surface area contributed by atoms with E-state index in [0.29, 0.717) is 0 Å². The molecule has 3 nitrogen and oxygen atoms in total. The van der Waals surface area contributed by atoms with Crippen LogP contribution in [0.25, 0.3) is 0 Å². The zero-order valence-corrected chi connectivity index (χ0v) is 13.0. The quantitative estimate of drug-likeness (QED) is 0.912. The molecule has 19 heavy (non-hydrogen) atoms. The Bertz CT molecular complexity index is 425. The number of nitrogens with zero attached hydrogens (tertiary/aromatic N) is 1. The van der Waals surface area contributed by atoms with Gasteiger partial charge in [-0.05, 0) is 19.4 Å². The van der Waals surface area contributed by atoms with Crippen molar-refractivity contribution in [2.24, 2.45) is 5.73 Å². The lowest BCUT2D eigenvalue weighted by atomic mass is 10.1. The molecule has 0 radical (unpaired) electrons. The van der Waals surface area contributed by atoms with Gasteiger partial charge in [-0.25, -0.2) is 0 Å². The summed E-state index contributed by atoms with van der Waals surface area (Å²) in [5, 5.41) is 0. The van der Waals surface area contributed by atoms with Crippen LogP contribution in [0.4, 0.5) is 0 Å². The van der Waals surface area contributed by atoms with Crippen LogP contribution in [0.2, 0.25) is 0 Å². The van der Waals surface area contributed by atoms with Gasteiger partial charge in [-0.3, -0.25) is 4.79 Å². The van der Waals surface area contributed by atoms with Crippen molar-refractivity contribution in [3.05, 3.63) is 35.9 Å². The maximum Gasteiger partial charge on any atom is 0.244 e. The minimum Gasteiger partial charge on any atom is -0.339 e. The first-order chi connectivity index (χ1) is 8.49. The van der Waals surface area contributed by atoms with Crippen LogP contribution in [0.5, 0.6) is 0 Å². The average molecular weight is 301 g/mol. The Balaban J connectivity index is 0.00000180. The molecule has 0 bridgehead atoms. The lowest BCUT2D eigenvalue weighted by Gasteiger charge is -2.38. The van der Waals surface area contributed by atoms with Gasteiger partial charge in [-0.15, -0.1) is 12.4 Å². The molecule has 1 atom stereocenters. The summed E-state index contributed by atoms with van der Waals surface area (Å²) in [4.78, 5) is 14.3. The zero-order valence-electron chi connectivity index (χ0n) is 11.3. The summed E-state index contributed by atoms with van der Waals surface area (Å²) in [5.41, 5.74) is 6.95. The molecule has 1 aromatic rings. The molecule has 1 aromatic carbocycles. The largest absolute Gasteiger partial charge is 0.339 e. The molecular weight excluding hydrogens is 280 g/mol. The van der Waals surface area contributed by atoms with Crippen molar-refractivity contribution in [3.8, 4) is 0 Å². The van der Waals surface area contributed by atoms with E-state index in [2.05, 4.69) is 13.8 Å². The number of carbonyl (C=O) groups is 1. The van der Waals surface area contributed by atoms with E-state index in [0.717, 1.165) is 24.4 Å². The molecule has 0 aromatic heterocycles. The van der Waals surface area contributed by atoms with Gasteiger partial charge in [-0.2, -0.15) is 11.8 Å². The van der Waals surface area contributed by atoms with Crippen LogP contribution >= 0.6 is 24.2 Å². The number of hydrogen-bond acceptors (Lipinski definition) is 3. The molecule has 2 N–H and O–H groups in total. The molecule has 1 aliphatic rings. The SMILES string of the molecule is CC1(C)CN(C(=O)C(N)c2ccccc2)CCS1.Cl. The van der Waals surface area contributed by atoms with E-state index in [1.807, 2.05) is 47.0 Å². The van der Waals surface area contributed by atoms with Crippen molar-refractivity contribution in [3.63, 3.8) is 0 Å². The Labute approximate surface area is 125 Å². The van der Waals surface area contributed by atoms with Gasteiger partial charge in [0.25, 0.3) is 0 Å². The van der Waals surface area contributed by atoms with Gasteiger partial charge in [0, 0.05) is 23.6 Å². The van der Waals surface area contributed by atoms with E-state index in [9.17, 15) is 4.79 Å². The fourth-order valence-corrected chi connectivity index (χ4v) is 3.32. The van der Waals surface area contributed by atoms with E-state index in [4.69, 9.17) is 5.73 Å². The Morgan fingerprint density at radius 1 is 1.37 bits per heavy atom.